The summed E-state index contributed by atoms with van der Waals surface area (Å²) in [6, 6.07) is 0. The average Bonchev–Trinajstić information content (AvgIpc) is 2.46. The van der Waals surface area contributed by atoms with Crippen LogP contribution in [0.25, 0.3) is 0 Å². The van der Waals surface area contributed by atoms with Gasteiger partial charge in [0.15, 0.2) is 0 Å². The third-order valence-electron chi connectivity index (χ3n) is 4.07. The Hall–Kier alpha value is -1.10. The molecule has 0 saturated heterocycles. The number of carbonyl (C=O) groups excluding carboxylic acids is 1. The van der Waals surface area contributed by atoms with Crippen LogP contribution in [0.4, 0.5) is 0 Å². The summed E-state index contributed by atoms with van der Waals surface area (Å²) in [6.45, 7) is 0.650. The van der Waals surface area contributed by atoms with Crippen LogP contribution in [0.5, 0.6) is 0 Å². The van der Waals surface area contributed by atoms with Crippen LogP contribution in [0.1, 0.15) is 64.2 Å². The van der Waals surface area contributed by atoms with Gasteiger partial charge in [0.2, 0.25) is 0 Å². The average molecular weight is 285 g/mol. The second kappa shape index (κ2) is 8.95. The van der Waals surface area contributed by atoms with Gasteiger partial charge in [-0.3, -0.25) is 9.59 Å². The van der Waals surface area contributed by atoms with Gasteiger partial charge in [-0.25, -0.2) is 0 Å². The van der Waals surface area contributed by atoms with E-state index in [0.29, 0.717) is 13.0 Å². The van der Waals surface area contributed by atoms with Crippen LogP contribution in [0.2, 0.25) is 0 Å². The van der Waals surface area contributed by atoms with Crippen molar-refractivity contribution in [3.05, 3.63) is 0 Å². The second-order valence-corrected chi connectivity index (χ2v) is 5.57. The van der Waals surface area contributed by atoms with Gasteiger partial charge in [0.25, 0.3) is 5.91 Å². The number of nitrogens with one attached hydrogen (secondary N) is 1. The molecule has 5 heteroatoms. The first-order valence-electron chi connectivity index (χ1n) is 7.66. The van der Waals surface area contributed by atoms with Gasteiger partial charge >= 0.3 is 5.97 Å². The zero-order valence-electron chi connectivity index (χ0n) is 12.5. The highest BCUT2D eigenvalue weighted by atomic mass is 16.5. The smallest absolute Gasteiger partial charge is 0.303 e. The van der Waals surface area contributed by atoms with Gasteiger partial charge in [0.05, 0.1) is 0 Å². The lowest BCUT2D eigenvalue weighted by molar-refractivity contribution is -0.147. The highest BCUT2D eigenvalue weighted by Gasteiger charge is 2.39. The van der Waals surface area contributed by atoms with Crippen LogP contribution in [-0.2, 0) is 14.3 Å². The maximum atomic E-state index is 12.2. The molecule has 0 atom stereocenters. The van der Waals surface area contributed by atoms with Crippen LogP contribution >= 0.6 is 0 Å². The summed E-state index contributed by atoms with van der Waals surface area (Å²) in [5.74, 6) is -0.720. The van der Waals surface area contributed by atoms with E-state index in [9.17, 15) is 9.59 Å². The van der Waals surface area contributed by atoms with Gasteiger partial charge in [-0.05, 0) is 25.7 Å². The number of methoxy groups -OCH3 is 1. The second-order valence-electron chi connectivity index (χ2n) is 5.57. The molecule has 0 aliphatic heterocycles. The van der Waals surface area contributed by atoms with Crippen LogP contribution in [0.15, 0.2) is 0 Å². The molecule has 1 saturated carbocycles. The fraction of sp³-hybridized carbons (Fsp3) is 0.867. The van der Waals surface area contributed by atoms with Crippen molar-refractivity contribution in [2.75, 3.05) is 13.7 Å². The van der Waals surface area contributed by atoms with Gasteiger partial charge in [0.1, 0.15) is 5.60 Å². The van der Waals surface area contributed by atoms with Gasteiger partial charge in [-0.1, -0.05) is 32.1 Å². The summed E-state index contributed by atoms with van der Waals surface area (Å²) in [6.07, 6.45) is 8.61. The molecule has 1 aliphatic carbocycles. The number of unbranched alkanes of at least 4 members (excludes halogenated alkanes) is 3. The molecule has 0 heterocycles. The Bertz CT molecular complexity index is 311. The Morgan fingerprint density at radius 1 is 1.10 bits per heavy atom. The summed E-state index contributed by atoms with van der Waals surface area (Å²) in [5, 5.41) is 11.5. The van der Waals surface area contributed by atoms with E-state index in [1.807, 2.05) is 0 Å². The van der Waals surface area contributed by atoms with Gasteiger partial charge in [0, 0.05) is 20.1 Å². The molecule has 0 aromatic heterocycles. The lowest BCUT2D eigenvalue weighted by Crippen LogP contribution is -2.49. The minimum Gasteiger partial charge on any atom is -0.481 e. The number of carbonyl (C=O) groups is 2. The van der Waals surface area contributed by atoms with Crippen molar-refractivity contribution in [2.45, 2.75) is 69.8 Å². The van der Waals surface area contributed by atoms with E-state index in [-0.39, 0.29) is 12.3 Å². The molecular weight excluding hydrogens is 258 g/mol. The number of rotatable bonds is 9. The molecule has 0 unspecified atom stereocenters. The SMILES string of the molecule is COC1(C(=O)NCCCCCCC(=O)O)CCCCC1. The number of amides is 1. The molecule has 1 aliphatic rings. The molecule has 2 N–H and O–H groups in total. The first-order chi connectivity index (χ1) is 9.60. The molecule has 0 spiro atoms. The molecule has 0 radical (unpaired) electrons. The van der Waals surface area contributed by atoms with E-state index >= 15 is 0 Å². The molecule has 116 valence electrons. The van der Waals surface area contributed by atoms with Gasteiger partial charge in [-0.2, -0.15) is 0 Å². The van der Waals surface area contributed by atoms with Gasteiger partial charge < -0.3 is 15.2 Å². The van der Waals surface area contributed by atoms with E-state index in [4.69, 9.17) is 9.84 Å². The summed E-state index contributed by atoms with van der Waals surface area (Å²) in [4.78, 5) is 22.6. The number of hydrogen-bond acceptors (Lipinski definition) is 3. The lowest BCUT2D eigenvalue weighted by Gasteiger charge is -2.34. The molecule has 1 amide bonds. The standard InChI is InChI=1S/C15H27NO4/c1-20-15(10-6-4-7-11-15)14(19)16-12-8-3-2-5-9-13(17)18/h2-12H2,1H3,(H,16,19)(H,17,18). The third-order valence-corrected chi connectivity index (χ3v) is 4.07. The Labute approximate surface area is 121 Å². The van der Waals surface area contributed by atoms with E-state index in [1.165, 1.54) is 6.42 Å². The van der Waals surface area contributed by atoms with Crippen molar-refractivity contribution in [1.82, 2.24) is 5.32 Å². The quantitative estimate of drug-likeness (QED) is 0.638. The summed E-state index contributed by atoms with van der Waals surface area (Å²) >= 11 is 0. The number of ether oxygens (including phenoxy) is 1. The molecular formula is C15H27NO4. The summed E-state index contributed by atoms with van der Waals surface area (Å²) in [5.41, 5.74) is -0.610. The Morgan fingerprint density at radius 2 is 1.75 bits per heavy atom. The van der Waals surface area contributed by atoms with Crippen LogP contribution in [0.3, 0.4) is 0 Å². The molecule has 0 bridgehead atoms. The highest BCUT2D eigenvalue weighted by molar-refractivity contribution is 5.85. The zero-order valence-corrected chi connectivity index (χ0v) is 12.5. The van der Waals surface area contributed by atoms with Gasteiger partial charge in [-0.15, -0.1) is 0 Å². The first kappa shape index (κ1) is 17.0. The van der Waals surface area contributed by atoms with E-state index in [2.05, 4.69) is 5.32 Å². The molecule has 1 fully saturated rings. The maximum Gasteiger partial charge on any atom is 0.303 e. The van der Waals surface area contributed by atoms with Crippen molar-refractivity contribution in [3.63, 3.8) is 0 Å². The Morgan fingerprint density at radius 3 is 2.35 bits per heavy atom. The monoisotopic (exact) mass is 285 g/mol. The van der Waals surface area contributed by atoms with Crippen LogP contribution in [-0.4, -0.2) is 36.2 Å². The molecule has 1 rings (SSSR count). The molecule has 5 nitrogen and oxygen atoms in total. The molecule has 20 heavy (non-hydrogen) atoms. The first-order valence-corrected chi connectivity index (χ1v) is 7.66. The maximum absolute atomic E-state index is 12.2. The number of aliphatic carboxylic acids is 1. The minimum atomic E-state index is -0.738. The van der Waals surface area contributed by atoms with E-state index in [0.717, 1.165) is 44.9 Å². The van der Waals surface area contributed by atoms with Crippen LogP contribution < -0.4 is 5.32 Å². The number of carboxylic acid groups (broad SMARTS) is 1. The lowest BCUT2D eigenvalue weighted by atomic mass is 9.84. The Kier molecular flexibility index (Phi) is 7.59. The summed E-state index contributed by atoms with van der Waals surface area (Å²) < 4.78 is 5.49. The topological polar surface area (TPSA) is 75.6 Å². The summed E-state index contributed by atoms with van der Waals surface area (Å²) in [7, 11) is 1.62. The number of carboxylic acids is 1. The fourth-order valence-electron chi connectivity index (χ4n) is 2.76. The minimum absolute atomic E-state index is 0.0187. The molecule has 0 aromatic carbocycles. The zero-order chi connectivity index (χ0) is 14.8. The van der Waals surface area contributed by atoms with E-state index < -0.39 is 11.6 Å². The van der Waals surface area contributed by atoms with Crippen molar-refractivity contribution >= 4 is 11.9 Å². The van der Waals surface area contributed by atoms with Crippen molar-refractivity contribution in [1.29, 1.82) is 0 Å². The number of hydrogen-bond donors (Lipinski definition) is 2. The molecule has 0 aromatic rings. The largest absolute Gasteiger partial charge is 0.481 e. The van der Waals surface area contributed by atoms with E-state index in [1.54, 1.807) is 7.11 Å². The van der Waals surface area contributed by atoms with Crippen LogP contribution in [0, 0.1) is 0 Å². The highest BCUT2D eigenvalue weighted by Crippen LogP contribution is 2.31. The normalized spacial score (nSPS) is 17.6. The van der Waals surface area contributed by atoms with Crippen molar-refractivity contribution < 1.29 is 19.4 Å². The third kappa shape index (κ3) is 5.49. The van der Waals surface area contributed by atoms with Crippen molar-refractivity contribution in [2.24, 2.45) is 0 Å². The van der Waals surface area contributed by atoms with Crippen molar-refractivity contribution in [3.8, 4) is 0 Å². The fourth-order valence-corrected chi connectivity index (χ4v) is 2.76. The predicted molar refractivity (Wildman–Crippen MR) is 76.6 cm³/mol. The Balaban J connectivity index is 2.14. The predicted octanol–water partition coefficient (Wildman–Crippen LogP) is 2.49.